The van der Waals surface area contributed by atoms with Crippen molar-refractivity contribution >= 4 is 50.4 Å². The number of carbonyl (C=O) groups excluding carboxylic acids is 1. The van der Waals surface area contributed by atoms with Gasteiger partial charge in [-0.3, -0.25) is 9.69 Å². The standard InChI is InChI=1S/C24H15ClFN3O4S/c25-19-5-2-1-4-18(19)24(30)27-16-9-12-20-22(14-16)34(31,32)28-23(21-6-3-13-33-21)29(20)17-10-7-15(26)8-11-17/h1-14H,(H,27,30). The summed E-state index contributed by atoms with van der Waals surface area (Å²) in [6.07, 6.45) is 1.40. The third-order valence-electron chi connectivity index (χ3n) is 5.10. The Balaban J connectivity index is 1.61. The minimum Gasteiger partial charge on any atom is -0.461 e. The van der Waals surface area contributed by atoms with E-state index >= 15 is 0 Å². The van der Waals surface area contributed by atoms with Crippen molar-refractivity contribution in [2.75, 3.05) is 10.2 Å². The second kappa shape index (κ2) is 8.44. The Bertz CT molecular complexity index is 1530. The topological polar surface area (TPSA) is 92.0 Å². The van der Waals surface area contributed by atoms with Crippen LogP contribution in [-0.2, 0) is 10.0 Å². The van der Waals surface area contributed by atoms with Crippen molar-refractivity contribution in [3.8, 4) is 0 Å². The number of nitrogens with zero attached hydrogens (tertiary/aromatic N) is 2. The van der Waals surface area contributed by atoms with E-state index < -0.39 is 21.7 Å². The summed E-state index contributed by atoms with van der Waals surface area (Å²) in [5.74, 6) is -0.691. The summed E-state index contributed by atoms with van der Waals surface area (Å²) in [4.78, 5) is 14.1. The van der Waals surface area contributed by atoms with Crippen LogP contribution in [0, 0.1) is 5.82 Å². The number of sulfonamides is 1. The van der Waals surface area contributed by atoms with Crippen LogP contribution in [0.15, 0.2) is 98.8 Å². The summed E-state index contributed by atoms with van der Waals surface area (Å²) in [5, 5.41) is 2.93. The molecule has 1 aliphatic heterocycles. The lowest BCUT2D eigenvalue weighted by molar-refractivity contribution is 0.102. The summed E-state index contributed by atoms with van der Waals surface area (Å²) in [6, 6.07) is 19.6. The summed E-state index contributed by atoms with van der Waals surface area (Å²) < 4.78 is 49.2. The maximum absolute atomic E-state index is 13.6. The lowest BCUT2D eigenvalue weighted by Gasteiger charge is -2.30. The molecule has 0 saturated carbocycles. The van der Waals surface area contributed by atoms with Gasteiger partial charge in [0, 0.05) is 11.4 Å². The fourth-order valence-electron chi connectivity index (χ4n) is 3.56. The lowest BCUT2D eigenvalue weighted by atomic mass is 10.1. The number of carbonyl (C=O) groups is 1. The van der Waals surface area contributed by atoms with Crippen molar-refractivity contribution in [2.24, 2.45) is 4.40 Å². The van der Waals surface area contributed by atoms with Crippen LogP contribution in [0.3, 0.4) is 0 Å². The van der Waals surface area contributed by atoms with Crippen molar-refractivity contribution in [2.45, 2.75) is 4.90 Å². The van der Waals surface area contributed by atoms with Crippen molar-refractivity contribution in [1.29, 1.82) is 0 Å². The molecule has 1 N–H and O–H groups in total. The molecule has 1 aromatic heterocycles. The van der Waals surface area contributed by atoms with Crippen LogP contribution >= 0.6 is 11.6 Å². The molecular weight excluding hydrogens is 481 g/mol. The maximum atomic E-state index is 13.6. The van der Waals surface area contributed by atoms with E-state index in [1.165, 1.54) is 42.7 Å². The van der Waals surface area contributed by atoms with Crippen LogP contribution in [-0.4, -0.2) is 20.2 Å². The smallest absolute Gasteiger partial charge is 0.286 e. The van der Waals surface area contributed by atoms with E-state index in [2.05, 4.69) is 9.71 Å². The van der Waals surface area contributed by atoms with Crippen LogP contribution in [0.1, 0.15) is 16.1 Å². The van der Waals surface area contributed by atoms with Gasteiger partial charge in [-0.05, 0) is 66.7 Å². The Morgan fingerprint density at radius 2 is 1.76 bits per heavy atom. The highest BCUT2D eigenvalue weighted by Crippen LogP contribution is 2.39. The number of hydrogen-bond donors (Lipinski definition) is 1. The van der Waals surface area contributed by atoms with Gasteiger partial charge in [-0.2, -0.15) is 8.42 Å². The Morgan fingerprint density at radius 3 is 2.47 bits per heavy atom. The third kappa shape index (κ3) is 3.95. The van der Waals surface area contributed by atoms with Gasteiger partial charge >= 0.3 is 0 Å². The molecule has 4 aromatic rings. The van der Waals surface area contributed by atoms with Crippen molar-refractivity contribution in [3.63, 3.8) is 0 Å². The normalized spacial score (nSPS) is 14.3. The van der Waals surface area contributed by atoms with Gasteiger partial charge in [0.05, 0.1) is 22.5 Å². The predicted molar refractivity (Wildman–Crippen MR) is 127 cm³/mol. The molecule has 7 nitrogen and oxygen atoms in total. The molecule has 0 atom stereocenters. The van der Waals surface area contributed by atoms with Crippen LogP contribution < -0.4 is 10.2 Å². The molecule has 0 unspecified atom stereocenters. The van der Waals surface area contributed by atoms with Gasteiger partial charge in [0.15, 0.2) is 11.6 Å². The SMILES string of the molecule is O=C(Nc1ccc2c(c1)S(=O)(=O)N=C(c1ccco1)N2c1ccc(F)cc1)c1ccccc1Cl. The number of rotatable bonds is 4. The first-order valence-electron chi connectivity index (χ1n) is 9.98. The number of halogens is 2. The van der Waals surface area contributed by atoms with E-state index in [4.69, 9.17) is 16.0 Å². The average molecular weight is 496 g/mol. The highest BCUT2D eigenvalue weighted by molar-refractivity contribution is 7.90. The second-order valence-corrected chi connectivity index (χ2v) is 9.28. The van der Waals surface area contributed by atoms with E-state index in [9.17, 15) is 17.6 Å². The maximum Gasteiger partial charge on any atom is 0.286 e. The zero-order valence-corrected chi connectivity index (χ0v) is 18.8. The molecule has 1 amide bonds. The molecule has 0 fully saturated rings. The van der Waals surface area contributed by atoms with E-state index in [1.54, 1.807) is 47.4 Å². The molecule has 0 radical (unpaired) electrons. The number of furan rings is 1. The number of fused-ring (bicyclic) bond motifs is 1. The van der Waals surface area contributed by atoms with E-state index in [-0.39, 0.29) is 38.5 Å². The molecule has 0 aliphatic carbocycles. The Kier molecular flexibility index (Phi) is 5.43. The summed E-state index contributed by atoms with van der Waals surface area (Å²) in [5.41, 5.74) is 1.23. The summed E-state index contributed by atoms with van der Waals surface area (Å²) in [6.45, 7) is 0. The number of anilines is 3. The molecule has 0 bridgehead atoms. The zero-order chi connectivity index (χ0) is 23.9. The number of amidine groups is 1. The molecule has 1 aliphatic rings. The van der Waals surface area contributed by atoms with E-state index in [1.807, 2.05) is 0 Å². The number of amides is 1. The number of hydrogen-bond acceptors (Lipinski definition) is 5. The molecule has 10 heteroatoms. The molecule has 2 heterocycles. The first kappa shape index (κ1) is 21.9. The van der Waals surface area contributed by atoms with Crippen molar-refractivity contribution < 1.29 is 22.0 Å². The highest BCUT2D eigenvalue weighted by Gasteiger charge is 2.34. The molecule has 3 aromatic carbocycles. The van der Waals surface area contributed by atoms with Gasteiger partial charge in [0.25, 0.3) is 15.9 Å². The predicted octanol–water partition coefficient (Wildman–Crippen LogP) is 5.61. The Morgan fingerprint density at radius 1 is 1.00 bits per heavy atom. The monoisotopic (exact) mass is 495 g/mol. The lowest BCUT2D eigenvalue weighted by Crippen LogP contribution is -2.32. The van der Waals surface area contributed by atoms with Crippen LogP contribution in [0.25, 0.3) is 0 Å². The Labute approximate surface area is 199 Å². The van der Waals surface area contributed by atoms with Gasteiger partial charge in [-0.1, -0.05) is 23.7 Å². The fraction of sp³-hybridized carbons (Fsp3) is 0. The molecule has 0 saturated heterocycles. The number of benzene rings is 3. The molecule has 0 spiro atoms. The van der Waals surface area contributed by atoms with Crippen LogP contribution in [0.4, 0.5) is 21.5 Å². The minimum atomic E-state index is -4.16. The molecule has 5 rings (SSSR count). The van der Waals surface area contributed by atoms with Crippen LogP contribution in [0.5, 0.6) is 0 Å². The second-order valence-electron chi connectivity index (χ2n) is 7.30. The largest absolute Gasteiger partial charge is 0.461 e. The molecular formula is C24H15ClFN3O4S. The van der Waals surface area contributed by atoms with E-state index in [0.29, 0.717) is 5.69 Å². The average Bonchev–Trinajstić information content (AvgIpc) is 3.35. The Hall–Kier alpha value is -3.95. The summed E-state index contributed by atoms with van der Waals surface area (Å²) in [7, 11) is -4.16. The fourth-order valence-corrected chi connectivity index (χ4v) is 4.98. The quantitative estimate of drug-likeness (QED) is 0.397. The van der Waals surface area contributed by atoms with Crippen LogP contribution in [0.2, 0.25) is 5.02 Å². The first-order valence-corrected chi connectivity index (χ1v) is 11.8. The highest BCUT2D eigenvalue weighted by atomic mass is 35.5. The van der Waals surface area contributed by atoms with Gasteiger partial charge in [-0.25, -0.2) is 4.39 Å². The van der Waals surface area contributed by atoms with E-state index in [0.717, 1.165) is 0 Å². The molecule has 34 heavy (non-hydrogen) atoms. The summed E-state index contributed by atoms with van der Waals surface area (Å²) >= 11 is 6.09. The number of nitrogens with one attached hydrogen (secondary N) is 1. The van der Waals surface area contributed by atoms with Crippen molar-refractivity contribution in [3.05, 3.63) is 107 Å². The zero-order valence-electron chi connectivity index (χ0n) is 17.3. The van der Waals surface area contributed by atoms with Gasteiger partial charge in [0.2, 0.25) is 0 Å². The third-order valence-corrected chi connectivity index (χ3v) is 6.73. The van der Waals surface area contributed by atoms with Gasteiger partial charge < -0.3 is 9.73 Å². The minimum absolute atomic E-state index is 0.0250. The van der Waals surface area contributed by atoms with Gasteiger partial charge in [0.1, 0.15) is 10.7 Å². The van der Waals surface area contributed by atoms with Gasteiger partial charge in [-0.15, -0.1) is 4.40 Å². The van der Waals surface area contributed by atoms with Crippen molar-refractivity contribution in [1.82, 2.24) is 0 Å². The molecule has 170 valence electrons. The first-order chi connectivity index (χ1) is 16.3.